The van der Waals surface area contributed by atoms with Gasteiger partial charge in [-0.3, -0.25) is 9.69 Å². The monoisotopic (exact) mass is 727 g/mol. The van der Waals surface area contributed by atoms with Crippen LogP contribution in [0.15, 0.2) is 85.2 Å². The van der Waals surface area contributed by atoms with E-state index in [-0.39, 0.29) is 11.8 Å². The van der Waals surface area contributed by atoms with E-state index in [0.717, 1.165) is 61.3 Å². The molecular weight excluding hydrogens is 686 g/mol. The number of rotatable bonds is 9. The number of nitrogen functional groups attached to an aromatic ring is 1. The van der Waals surface area contributed by atoms with E-state index in [0.29, 0.717) is 47.3 Å². The molecule has 0 spiro atoms. The molecular formula is C37H41N7O9. The number of piperazine rings is 1. The van der Waals surface area contributed by atoms with Crippen LogP contribution in [0.2, 0.25) is 0 Å². The van der Waals surface area contributed by atoms with Gasteiger partial charge < -0.3 is 31.1 Å². The van der Waals surface area contributed by atoms with Crippen molar-refractivity contribution in [3.63, 3.8) is 0 Å². The van der Waals surface area contributed by atoms with Crippen LogP contribution in [0.3, 0.4) is 0 Å². The first-order valence-corrected chi connectivity index (χ1v) is 16.7. The molecule has 1 aliphatic heterocycles. The molecule has 53 heavy (non-hydrogen) atoms. The van der Waals surface area contributed by atoms with E-state index in [9.17, 15) is 24.0 Å². The third-order valence-electron chi connectivity index (χ3n) is 8.78. The first-order valence-electron chi connectivity index (χ1n) is 16.7. The smallest absolute Gasteiger partial charge is 0.328 e. The highest BCUT2D eigenvalue weighted by Gasteiger charge is 2.30. The average molecular weight is 728 g/mol. The third kappa shape index (κ3) is 11.4. The molecule has 2 aromatic carbocycles. The number of carbonyl (C=O) groups is 5. The minimum atomic E-state index is -1.26. The lowest BCUT2D eigenvalue weighted by Gasteiger charge is -2.41. The Bertz CT molecular complexity index is 1900. The van der Waals surface area contributed by atoms with E-state index in [2.05, 4.69) is 31.5 Å². The number of aliphatic carboxylic acids is 4. The highest BCUT2D eigenvalue weighted by molar-refractivity contribution is 6.09. The number of benzene rings is 2. The Hall–Kier alpha value is -6.26. The summed E-state index contributed by atoms with van der Waals surface area (Å²) in [7, 11) is 2.21. The van der Waals surface area contributed by atoms with Gasteiger partial charge in [-0.05, 0) is 32.7 Å². The Kier molecular flexibility index (Phi) is 14.0. The van der Waals surface area contributed by atoms with E-state index in [4.69, 9.17) is 31.3 Å². The Morgan fingerprint density at radius 2 is 1.17 bits per heavy atom. The molecule has 6 rings (SSSR count). The van der Waals surface area contributed by atoms with Crippen LogP contribution in [0.1, 0.15) is 47.6 Å². The SMILES string of the molecule is CN1CCN(C2CCC(n3nc(-c4ccc(C(=O)c5ccccc5)cc4)c4c(N)ncnc43)CC2)CC1.O=C(O)/C=C\C(=O)O.O=C(O)/C=C\C(=O)O. The summed E-state index contributed by atoms with van der Waals surface area (Å²) in [5, 5.41) is 37.1. The molecule has 4 aromatic rings. The predicted octanol–water partition coefficient (Wildman–Crippen LogP) is 3.46. The fraction of sp³-hybridized carbons (Fsp3) is 0.297. The lowest BCUT2D eigenvalue weighted by molar-refractivity contribution is -0.134. The molecule has 2 aliphatic rings. The summed E-state index contributed by atoms with van der Waals surface area (Å²) in [5.41, 5.74) is 10.1. The Morgan fingerprint density at radius 1 is 0.679 bits per heavy atom. The van der Waals surface area contributed by atoms with Crippen LogP contribution in [0.5, 0.6) is 0 Å². The summed E-state index contributed by atoms with van der Waals surface area (Å²) in [5.74, 6) is -4.59. The van der Waals surface area contributed by atoms with Gasteiger partial charge in [0, 0.05) is 73.2 Å². The number of carboxylic acids is 4. The maximum Gasteiger partial charge on any atom is 0.328 e. The number of fused-ring (bicyclic) bond motifs is 1. The first kappa shape index (κ1) is 39.5. The van der Waals surface area contributed by atoms with Crippen LogP contribution in [0.4, 0.5) is 5.82 Å². The van der Waals surface area contributed by atoms with E-state index >= 15 is 0 Å². The number of nitrogens with zero attached hydrogens (tertiary/aromatic N) is 6. The summed E-state index contributed by atoms with van der Waals surface area (Å²) in [6, 6.07) is 17.9. The van der Waals surface area contributed by atoms with Crippen LogP contribution >= 0.6 is 0 Å². The predicted molar refractivity (Wildman–Crippen MR) is 194 cm³/mol. The summed E-state index contributed by atoms with van der Waals surface area (Å²) in [6.07, 6.45) is 8.24. The Labute approximate surface area is 304 Å². The second-order valence-electron chi connectivity index (χ2n) is 12.3. The average Bonchev–Trinajstić information content (AvgIpc) is 3.55. The van der Waals surface area contributed by atoms with Crippen LogP contribution < -0.4 is 5.73 Å². The molecule has 1 aliphatic carbocycles. The summed E-state index contributed by atoms with van der Waals surface area (Å²) >= 11 is 0. The zero-order valence-corrected chi connectivity index (χ0v) is 29.0. The Balaban J connectivity index is 0.000000329. The number of nitrogens with two attached hydrogens (primary N) is 1. The number of aromatic nitrogens is 4. The summed E-state index contributed by atoms with van der Waals surface area (Å²) in [6.45, 7) is 4.62. The maximum absolute atomic E-state index is 12.9. The lowest BCUT2D eigenvalue weighted by atomic mass is 9.90. The van der Waals surface area contributed by atoms with Crippen LogP contribution in [0.25, 0.3) is 22.3 Å². The van der Waals surface area contributed by atoms with E-state index in [1.807, 2.05) is 54.6 Å². The van der Waals surface area contributed by atoms with E-state index < -0.39 is 23.9 Å². The number of anilines is 1. The van der Waals surface area contributed by atoms with Crippen molar-refractivity contribution in [2.75, 3.05) is 39.0 Å². The second kappa shape index (κ2) is 18.8. The molecule has 0 atom stereocenters. The topological polar surface area (TPSA) is 242 Å². The molecule has 0 unspecified atom stereocenters. The van der Waals surface area contributed by atoms with Gasteiger partial charge in [-0.25, -0.2) is 33.8 Å². The van der Waals surface area contributed by atoms with Crippen molar-refractivity contribution in [3.05, 3.63) is 96.4 Å². The number of likely N-dealkylation sites (N-methyl/N-ethyl adjacent to an activating group) is 1. The molecule has 2 fully saturated rings. The van der Waals surface area contributed by atoms with Gasteiger partial charge >= 0.3 is 23.9 Å². The third-order valence-corrected chi connectivity index (χ3v) is 8.78. The van der Waals surface area contributed by atoms with E-state index in [1.165, 1.54) is 19.2 Å². The van der Waals surface area contributed by atoms with Crippen molar-refractivity contribution in [1.29, 1.82) is 0 Å². The van der Waals surface area contributed by atoms with Crippen molar-refractivity contribution < 1.29 is 44.4 Å². The summed E-state index contributed by atoms with van der Waals surface area (Å²) < 4.78 is 2.08. The molecule has 16 nitrogen and oxygen atoms in total. The Morgan fingerprint density at radius 3 is 1.68 bits per heavy atom. The summed E-state index contributed by atoms with van der Waals surface area (Å²) in [4.78, 5) is 65.0. The minimum Gasteiger partial charge on any atom is -0.478 e. The maximum atomic E-state index is 12.9. The molecule has 2 aromatic heterocycles. The minimum absolute atomic E-state index is 0.00231. The van der Waals surface area contributed by atoms with Crippen molar-refractivity contribution >= 4 is 46.5 Å². The largest absolute Gasteiger partial charge is 0.478 e. The molecule has 0 bridgehead atoms. The van der Waals surface area contributed by atoms with Crippen molar-refractivity contribution in [3.8, 4) is 11.3 Å². The highest BCUT2D eigenvalue weighted by Crippen LogP contribution is 2.37. The zero-order chi connectivity index (χ0) is 38.5. The van der Waals surface area contributed by atoms with Crippen LogP contribution in [-0.2, 0) is 19.2 Å². The standard InChI is InChI=1S/C29H33N7O.2C4H4O4/c1-34-15-17-35(18-16-34)23-11-13-24(14-12-23)36-29-25(28(30)31-19-32-29)26(33-36)20-7-9-22(10-8-20)27(37)21-5-3-2-4-6-21;2*5-3(6)1-2-4(7)8/h2-10,19,23-24H,11-18H2,1H3,(H2,30,31,32);2*1-2H,(H,5,6)(H,7,8)/b;2*2-1-. The fourth-order valence-corrected chi connectivity index (χ4v) is 6.13. The molecule has 6 N–H and O–H groups in total. The quantitative estimate of drug-likeness (QED) is 0.122. The molecule has 0 amide bonds. The molecule has 3 heterocycles. The van der Waals surface area contributed by atoms with Crippen LogP contribution in [0, 0.1) is 0 Å². The lowest BCUT2D eigenvalue weighted by Crippen LogP contribution is -2.49. The van der Waals surface area contributed by atoms with Gasteiger partial charge in [0.25, 0.3) is 0 Å². The van der Waals surface area contributed by atoms with Gasteiger partial charge in [0.1, 0.15) is 17.8 Å². The molecule has 0 radical (unpaired) electrons. The molecule has 1 saturated carbocycles. The van der Waals surface area contributed by atoms with Crippen molar-refractivity contribution in [2.45, 2.75) is 37.8 Å². The number of hydrogen-bond acceptors (Lipinski definition) is 11. The number of carbonyl (C=O) groups excluding carboxylic acids is 1. The van der Waals surface area contributed by atoms with Gasteiger partial charge in [0.05, 0.1) is 11.4 Å². The molecule has 1 saturated heterocycles. The normalized spacial score (nSPS) is 17.8. The number of hydrogen-bond donors (Lipinski definition) is 5. The van der Waals surface area contributed by atoms with E-state index in [1.54, 1.807) is 0 Å². The molecule has 278 valence electrons. The number of ketones is 1. The van der Waals surface area contributed by atoms with Gasteiger partial charge in [0.15, 0.2) is 11.4 Å². The van der Waals surface area contributed by atoms with Gasteiger partial charge in [-0.1, -0.05) is 54.6 Å². The van der Waals surface area contributed by atoms with Crippen LogP contribution in [-0.4, -0.2) is 119 Å². The number of carboxylic acid groups (broad SMARTS) is 4. The first-order chi connectivity index (χ1) is 25.3. The fourth-order valence-electron chi connectivity index (χ4n) is 6.13. The van der Waals surface area contributed by atoms with Gasteiger partial charge in [0.2, 0.25) is 0 Å². The second-order valence-corrected chi connectivity index (χ2v) is 12.3. The van der Waals surface area contributed by atoms with Crippen molar-refractivity contribution in [2.24, 2.45) is 0 Å². The zero-order valence-electron chi connectivity index (χ0n) is 29.0. The van der Waals surface area contributed by atoms with Gasteiger partial charge in [-0.2, -0.15) is 5.10 Å². The van der Waals surface area contributed by atoms with Gasteiger partial charge in [-0.15, -0.1) is 0 Å². The van der Waals surface area contributed by atoms with Crippen molar-refractivity contribution in [1.82, 2.24) is 29.5 Å². The molecule has 16 heteroatoms. The highest BCUT2D eigenvalue weighted by atomic mass is 16.4.